The Morgan fingerprint density at radius 3 is 2.72 bits per heavy atom. The number of hydrogen-bond acceptors (Lipinski definition) is 5. The summed E-state index contributed by atoms with van der Waals surface area (Å²) >= 11 is 0. The third kappa shape index (κ3) is 2.45. The average Bonchev–Trinajstić information content (AvgIpc) is 2.28. The van der Waals surface area contributed by atoms with Gasteiger partial charge in [-0.15, -0.1) is 4.40 Å². The third-order valence-electron chi connectivity index (χ3n) is 2.89. The number of nitrogens with zero attached hydrogens (tertiary/aromatic N) is 2. The number of nitrogens with one attached hydrogen (secondary N) is 2. The SMILES string of the molecule is CC(C)C(C)NC1=NS(=O)(=O)c2cnccc2N1. The minimum atomic E-state index is -3.66. The van der Waals surface area contributed by atoms with Crippen LogP contribution < -0.4 is 10.6 Å². The zero-order valence-electron chi connectivity index (χ0n) is 10.5. The largest absolute Gasteiger partial charge is 0.352 e. The smallest absolute Gasteiger partial charge is 0.289 e. The molecular formula is C11H16N4O2S. The van der Waals surface area contributed by atoms with Gasteiger partial charge in [0.2, 0.25) is 5.96 Å². The van der Waals surface area contributed by atoms with Crippen LogP contribution >= 0.6 is 0 Å². The van der Waals surface area contributed by atoms with Crippen LogP contribution in [-0.4, -0.2) is 25.4 Å². The van der Waals surface area contributed by atoms with Crippen molar-refractivity contribution < 1.29 is 8.42 Å². The maximum atomic E-state index is 11.9. The fourth-order valence-electron chi connectivity index (χ4n) is 1.45. The Hall–Kier alpha value is -1.63. The van der Waals surface area contributed by atoms with Crippen molar-refractivity contribution in [3.8, 4) is 0 Å². The molecule has 7 heteroatoms. The molecule has 1 atom stereocenters. The second-order valence-electron chi connectivity index (χ2n) is 4.59. The highest BCUT2D eigenvalue weighted by Gasteiger charge is 2.25. The molecule has 18 heavy (non-hydrogen) atoms. The Morgan fingerprint density at radius 1 is 1.33 bits per heavy atom. The van der Waals surface area contributed by atoms with Crippen molar-refractivity contribution in [3.05, 3.63) is 18.5 Å². The molecule has 2 heterocycles. The molecule has 6 nitrogen and oxygen atoms in total. The number of rotatable bonds is 2. The van der Waals surface area contributed by atoms with Gasteiger partial charge in [-0.2, -0.15) is 8.42 Å². The van der Waals surface area contributed by atoms with Crippen LogP contribution in [0.5, 0.6) is 0 Å². The van der Waals surface area contributed by atoms with E-state index in [0.29, 0.717) is 11.6 Å². The van der Waals surface area contributed by atoms with E-state index < -0.39 is 10.0 Å². The summed E-state index contributed by atoms with van der Waals surface area (Å²) < 4.78 is 27.6. The molecular weight excluding hydrogens is 252 g/mol. The highest BCUT2D eigenvalue weighted by Crippen LogP contribution is 2.25. The molecule has 0 aromatic carbocycles. The standard InChI is InChI=1S/C11H16N4O2S/c1-7(2)8(3)13-11-14-9-4-5-12-6-10(9)18(16,17)15-11/h4-8H,1-3H3,(H2,13,14,15). The van der Waals surface area contributed by atoms with Crippen molar-refractivity contribution >= 4 is 21.7 Å². The van der Waals surface area contributed by atoms with Crippen molar-refractivity contribution in [3.63, 3.8) is 0 Å². The summed E-state index contributed by atoms with van der Waals surface area (Å²) in [6.45, 7) is 6.07. The fraction of sp³-hybridized carbons (Fsp3) is 0.455. The van der Waals surface area contributed by atoms with Gasteiger partial charge in [-0.25, -0.2) is 0 Å². The number of aromatic nitrogens is 1. The van der Waals surface area contributed by atoms with Crippen LogP contribution in [0.4, 0.5) is 5.69 Å². The molecule has 1 unspecified atom stereocenters. The number of anilines is 1. The zero-order valence-corrected chi connectivity index (χ0v) is 11.3. The van der Waals surface area contributed by atoms with Gasteiger partial charge in [-0.05, 0) is 18.9 Å². The second-order valence-corrected chi connectivity index (χ2v) is 6.16. The second kappa shape index (κ2) is 4.56. The molecule has 98 valence electrons. The molecule has 1 aliphatic rings. The Morgan fingerprint density at radius 2 is 2.06 bits per heavy atom. The summed E-state index contributed by atoms with van der Waals surface area (Å²) in [7, 11) is -3.66. The first-order chi connectivity index (χ1) is 8.40. The fourth-order valence-corrected chi connectivity index (χ4v) is 2.48. The molecule has 2 N–H and O–H groups in total. The zero-order chi connectivity index (χ0) is 13.3. The van der Waals surface area contributed by atoms with Gasteiger partial charge < -0.3 is 10.6 Å². The van der Waals surface area contributed by atoms with Crippen LogP contribution in [0.3, 0.4) is 0 Å². The molecule has 0 bridgehead atoms. The van der Waals surface area contributed by atoms with Crippen LogP contribution in [0.1, 0.15) is 20.8 Å². The minimum Gasteiger partial charge on any atom is -0.352 e. The number of pyridine rings is 1. The quantitative estimate of drug-likeness (QED) is 0.841. The van der Waals surface area contributed by atoms with Gasteiger partial charge in [0, 0.05) is 18.4 Å². The van der Waals surface area contributed by atoms with Crippen molar-refractivity contribution in [2.45, 2.75) is 31.7 Å². The Labute approximate surface area is 107 Å². The van der Waals surface area contributed by atoms with Crippen LogP contribution in [-0.2, 0) is 10.0 Å². The normalized spacial score (nSPS) is 18.6. The van der Waals surface area contributed by atoms with Crippen LogP contribution in [0.2, 0.25) is 0 Å². The Kier molecular flexibility index (Phi) is 3.25. The van der Waals surface area contributed by atoms with Crippen molar-refractivity contribution in [1.29, 1.82) is 0 Å². The molecule has 0 radical (unpaired) electrons. The van der Waals surface area contributed by atoms with E-state index in [-0.39, 0.29) is 16.9 Å². The van der Waals surface area contributed by atoms with E-state index in [4.69, 9.17) is 0 Å². The highest BCUT2D eigenvalue weighted by atomic mass is 32.2. The minimum absolute atomic E-state index is 0.104. The van der Waals surface area contributed by atoms with Crippen LogP contribution in [0.15, 0.2) is 27.8 Å². The van der Waals surface area contributed by atoms with Crippen LogP contribution in [0, 0.1) is 5.92 Å². The lowest BCUT2D eigenvalue weighted by molar-refractivity contribution is 0.486. The summed E-state index contributed by atoms with van der Waals surface area (Å²) in [5.74, 6) is 0.631. The van der Waals surface area contributed by atoms with Crippen LogP contribution in [0.25, 0.3) is 0 Å². The van der Waals surface area contributed by atoms with Gasteiger partial charge in [-0.3, -0.25) is 4.98 Å². The summed E-state index contributed by atoms with van der Waals surface area (Å²) in [6, 6.07) is 1.73. The van der Waals surface area contributed by atoms with Crippen molar-refractivity contribution in [2.75, 3.05) is 5.32 Å². The van der Waals surface area contributed by atoms with E-state index in [1.165, 1.54) is 12.4 Å². The Bertz CT molecular complexity index is 580. The first-order valence-electron chi connectivity index (χ1n) is 5.72. The summed E-state index contributed by atoms with van der Waals surface area (Å²) in [5.41, 5.74) is 0.499. The first-order valence-corrected chi connectivity index (χ1v) is 7.16. The van der Waals surface area contributed by atoms with E-state index in [1.54, 1.807) is 6.07 Å². The topological polar surface area (TPSA) is 83.5 Å². The van der Waals surface area contributed by atoms with E-state index in [2.05, 4.69) is 20.0 Å². The molecule has 0 fully saturated rings. The molecule has 1 aliphatic heterocycles. The van der Waals surface area contributed by atoms with Gasteiger partial charge in [0.25, 0.3) is 10.0 Å². The first kappa shape index (κ1) is 12.8. The maximum absolute atomic E-state index is 11.9. The number of fused-ring (bicyclic) bond motifs is 1. The lowest BCUT2D eigenvalue weighted by atomic mass is 10.1. The lowest BCUT2D eigenvalue weighted by Gasteiger charge is -2.23. The number of guanidine groups is 1. The van der Waals surface area contributed by atoms with Gasteiger partial charge in [0.05, 0.1) is 5.69 Å². The summed E-state index contributed by atoms with van der Waals surface area (Å²) in [4.78, 5) is 3.90. The molecule has 1 aromatic heterocycles. The van der Waals surface area contributed by atoms with E-state index in [1.807, 2.05) is 20.8 Å². The molecule has 0 spiro atoms. The van der Waals surface area contributed by atoms with Crippen molar-refractivity contribution in [2.24, 2.45) is 10.3 Å². The van der Waals surface area contributed by atoms with E-state index in [9.17, 15) is 8.42 Å². The predicted molar refractivity (Wildman–Crippen MR) is 69.9 cm³/mol. The highest BCUT2D eigenvalue weighted by molar-refractivity contribution is 7.90. The predicted octanol–water partition coefficient (Wildman–Crippen LogP) is 1.19. The van der Waals surface area contributed by atoms with Gasteiger partial charge in [-0.1, -0.05) is 13.8 Å². The Balaban J connectivity index is 2.31. The number of hydrogen-bond donors (Lipinski definition) is 2. The average molecular weight is 268 g/mol. The van der Waals surface area contributed by atoms with Gasteiger partial charge in [0.1, 0.15) is 4.90 Å². The summed E-state index contributed by atoms with van der Waals surface area (Å²) in [5, 5.41) is 6.01. The van der Waals surface area contributed by atoms with Gasteiger partial charge in [0.15, 0.2) is 0 Å². The molecule has 0 amide bonds. The number of sulfonamides is 1. The third-order valence-corrected chi connectivity index (χ3v) is 4.20. The summed E-state index contributed by atoms with van der Waals surface area (Å²) in [6.07, 6.45) is 2.83. The lowest BCUT2D eigenvalue weighted by Crippen LogP contribution is -2.42. The molecule has 0 saturated carbocycles. The van der Waals surface area contributed by atoms with E-state index in [0.717, 1.165) is 0 Å². The molecule has 2 rings (SSSR count). The maximum Gasteiger partial charge on any atom is 0.289 e. The van der Waals surface area contributed by atoms with Crippen molar-refractivity contribution in [1.82, 2.24) is 10.3 Å². The monoisotopic (exact) mass is 268 g/mol. The molecule has 0 aliphatic carbocycles. The van der Waals surface area contributed by atoms with Gasteiger partial charge >= 0.3 is 0 Å². The molecule has 0 saturated heterocycles. The molecule has 1 aromatic rings. The van der Waals surface area contributed by atoms with E-state index >= 15 is 0 Å².